The van der Waals surface area contributed by atoms with Crippen LogP contribution in [0.15, 0.2) is 24.3 Å². The number of nitrogens with one attached hydrogen (secondary N) is 1. The maximum absolute atomic E-state index is 11.6. The van der Waals surface area contributed by atoms with Crippen LogP contribution in [-0.2, 0) is 14.4 Å². The SMILES string of the molecule is NC(=O)CCC(NC(=O)COc1ccc(Cl)cc1)C(=O)O. The van der Waals surface area contributed by atoms with Crippen LogP contribution in [0.5, 0.6) is 5.75 Å². The van der Waals surface area contributed by atoms with E-state index in [0.717, 1.165) is 0 Å². The van der Waals surface area contributed by atoms with Gasteiger partial charge in [-0.05, 0) is 30.7 Å². The Kier molecular flexibility index (Phi) is 6.48. The number of rotatable bonds is 8. The van der Waals surface area contributed by atoms with Crippen molar-refractivity contribution >= 4 is 29.4 Å². The molecule has 0 fully saturated rings. The van der Waals surface area contributed by atoms with Gasteiger partial charge in [-0.25, -0.2) is 4.79 Å². The summed E-state index contributed by atoms with van der Waals surface area (Å²) in [5.74, 6) is -2.05. The summed E-state index contributed by atoms with van der Waals surface area (Å²) in [5, 5.41) is 11.7. The highest BCUT2D eigenvalue weighted by atomic mass is 35.5. The molecule has 0 saturated carbocycles. The minimum atomic E-state index is -1.24. The molecule has 1 aromatic rings. The number of benzene rings is 1. The predicted octanol–water partition coefficient (Wildman–Crippen LogP) is 0.554. The second-order valence-electron chi connectivity index (χ2n) is 4.21. The largest absolute Gasteiger partial charge is 0.484 e. The number of primary amides is 1. The fourth-order valence-corrected chi connectivity index (χ4v) is 1.59. The molecule has 0 bridgehead atoms. The van der Waals surface area contributed by atoms with Gasteiger partial charge in [0.15, 0.2) is 6.61 Å². The number of hydrogen-bond acceptors (Lipinski definition) is 4. The average molecular weight is 315 g/mol. The minimum absolute atomic E-state index is 0.0721. The van der Waals surface area contributed by atoms with Crippen molar-refractivity contribution in [3.05, 3.63) is 29.3 Å². The van der Waals surface area contributed by atoms with E-state index in [0.29, 0.717) is 10.8 Å². The highest BCUT2D eigenvalue weighted by Gasteiger charge is 2.20. The topological polar surface area (TPSA) is 119 Å². The zero-order valence-electron chi connectivity index (χ0n) is 11.0. The third-order valence-electron chi connectivity index (χ3n) is 2.50. The van der Waals surface area contributed by atoms with Gasteiger partial charge in [0.05, 0.1) is 0 Å². The summed E-state index contributed by atoms with van der Waals surface area (Å²) >= 11 is 5.70. The molecule has 0 aliphatic carbocycles. The van der Waals surface area contributed by atoms with Gasteiger partial charge in [-0.2, -0.15) is 0 Å². The van der Waals surface area contributed by atoms with Crippen molar-refractivity contribution in [2.24, 2.45) is 5.73 Å². The van der Waals surface area contributed by atoms with Gasteiger partial charge < -0.3 is 20.9 Å². The number of nitrogens with two attached hydrogens (primary N) is 1. The Morgan fingerprint density at radius 1 is 1.29 bits per heavy atom. The number of hydrogen-bond donors (Lipinski definition) is 3. The van der Waals surface area contributed by atoms with Crippen molar-refractivity contribution in [3.8, 4) is 5.75 Å². The first kappa shape index (κ1) is 16.8. The number of amides is 2. The second kappa shape index (κ2) is 8.11. The molecule has 4 N–H and O–H groups in total. The van der Waals surface area contributed by atoms with Gasteiger partial charge in [0.25, 0.3) is 5.91 Å². The van der Waals surface area contributed by atoms with E-state index in [9.17, 15) is 14.4 Å². The van der Waals surface area contributed by atoms with E-state index in [4.69, 9.17) is 27.2 Å². The molecule has 0 saturated heterocycles. The van der Waals surface area contributed by atoms with Crippen LogP contribution in [0.3, 0.4) is 0 Å². The number of aliphatic carboxylic acids is 1. The summed E-state index contributed by atoms with van der Waals surface area (Å²) < 4.78 is 5.17. The predicted molar refractivity (Wildman–Crippen MR) is 74.9 cm³/mol. The molecule has 0 radical (unpaired) electrons. The molecule has 0 spiro atoms. The summed E-state index contributed by atoms with van der Waals surface area (Å²) in [5.41, 5.74) is 4.94. The third-order valence-corrected chi connectivity index (χ3v) is 2.75. The van der Waals surface area contributed by atoms with Gasteiger partial charge in [-0.1, -0.05) is 11.6 Å². The molecule has 1 atom stereocenters. The number of carboxylic acids is 1. The van der Waals surface area contributed by atoms with Crippen LogP contribution in [0.4, 0.5) is 0 Å². The monoisotopic (exact) mass is 314 g/mol. The Bertz CT molecular complexity index is 518. The number of ether oxygens (including phenoxy) is 1. The number of carbonyl (C=O) groups is 3. The molecule has 7 nitrogen and oxygen atoms in total. The van der Waals surface area contributed by atoms with E-state index in [1.807, 2.05) is 0 Å². The Morgan fingerprint density at radius 2 is 1.90 bits per heavy atom. The molecule has 21 heavy (non-hydrogen) atoms. The number of carbonyl (C=O) groups excluding carboxylic acids is 2. The van der Waals surface area contributed by atoms with Crippen molar-refractivity contribution in [1.29, 1.82) is 0 Å². The van der Waals surface area contributed by atoms with E-state index in [1.165, 1.54) is 0 Å². The molecule has 0 aliphatic rings. The molecule has 0 heterocycles. The van der Waals surface area contributed by atoms with Crippen LogP contribution in [0.2, 0.25) is 5.02 Å². The smallest absolute Gasteiger partial charge is 0.326 e. The molecule has 2 amide bonds. The highest BCUT2D eigenvalue weighted by molar-refractivity contribution is 6.30. The lowest BCUT2D eigenvalue weighted by molar-refractivity contribution is -0.142. The summed E-state index contributed by atoms with van der Waals surface area (Å²) in [6, 6.07) is 5.18. The highest BCUT2D eigenvalue weighted by Crippen LogP contribution is 2.15. The zero-order chi connectivity index (χ0) is 15.8. The zero-order valence-corrected chi connectivity index (χ0v) is 11.8. The molecule has 8 heteroatoms. The lowest BCUT2D eigenvalue weighted by Crippen LogP contribution is -2.43. The van der Waals surface area contributed by atoms with E-state index in [-0.39, 0.29) is 19.4 Å². The molecular weight excluding hydrogens is 300 g/mol. The van der Waals surface area contributed by atoms with Crippen LogP contribution in [-0.4, -0.2) is 35.5 Å². The maximum Gasteiger partial charge on any atom is 0.326 e. The van der Waals surface area contributed by atoms with Gasteiger partial charge in [0.1, 0.15) is 11.8 Å². The molecular formula is C13H15ClN2O5. The van der Waals surface area contributed by atoms with Crippen LogP contribution < -0.4 is 15.8 Å². The Morgan fingerprint density at radius 3 is 2.43 bits per heavy atom. The summed E-state index contributed by atoms with van der Waals surface area (Å²) in [6.45, 7) is -0.345. The molecule has 1 aromatic carbocycles. The number of halogens is 1. The first-order chi connectivity index (χ1) is 9.88. The minimum Gasteiger partial charge on any atom is -0.484 e. The van der Waals surface area contributed by atoms with Crippen LogP contribution in [0.25, 0.3) is 0 Å². The van der Waals surface area contributed by atoms with Crippen molar-refractivity contribution in [3.63, 3.8) is 0 Å². The van der Waals surface area contributed by atoms with Gasteiger partial charge in [0.2, 0.25) is 5.91 Å². The molecule has 0 aromatic heterocycles. The van der Waals surface area contributed by atoms with Gasteiger partial charge >= 0.3 is 5.97 Å². The molecule has 0 aliphatic heterocycles. The maximum atomic E-state index is 11.6. The third kappa shape index (κ3) is 6.62. The van der Waals surface area contributed by atoms with Crippen LogP contribution in [0.1, 0.15) is 12.8 Å². The standard InChI is InChI=1S/C13H15ClN2O5/c14-8-1-3-9(4-2-8)21-7-12(18)16-10(13(19)20)5-6-11(15)17/h1-4,10H,5-7H2,(H2,15,17)(H,16,18)(H,19,20). The van der Waals surface area contributed by atoms with Gasteiger partial charge in [0, 0.05) is 11.4 Å². The normalized spacial score (nSPS) is 11.5. The van der Waals surface area contributed by atoms with Crippen molar-refractivity contribution in [1.82, 2.24) is 5.32 Å². The second-order valence-corrected chi connectivity index (χ2v) is 4.64. The van der Waals surface area contributed by atoms with Crippen molar-refractivity contribution in [2.45, 2.75) is 18.9 Å². The summed E-state index contributed by atoms with van der Waals surface area (Å²) in [4.78, 5) is 33.2. The van der Waals surface area contributed by atoms with Gasteiger partial charge in [-0.15, -0.1) is 0 Å². The summed E-state index contributed by atoms with van der Waals surface area (Å²) in [6.07, 6.45) is -0.202. The van der Waals surface area contributed by atoms with Gasteiger partial charge in [-0.3, -0.25) is 9.59 Å². The average Bonchev–Trinajstić information content (AvgIpc) is 2.42. The van der Waals surface area contributed by atoms with E-state index in [2.05, 4.69) is 5.32 Å². The van der Waals surface area contributed by atoms with E-state index < -0.39 is 23.8 Å². The fourth-order valence-electron chi connectivity index (χ4n) is 1.46. The first-order valence-electron chi connectivity index (χ1n) is 6.07. The quantitative estimate of drug-likeness (QED) is 0.647. The van der Waals surface area contributed by atoms with E-state index in [1.54, 1.807) is 24.3 Å². The summed E-state index contributed by atoms with van der Waals surface area (Å²) in [7, 11) is 0. The lowest BCUT2D eigenvalue weighted by Gasteiger charge is -2.14. The van der Waals surface area contributed by atoms with Crippen LogP contribution in [0, 0.1) is 0 Å². The van der Waals surface area contributed by atoms with Crippen LogP contribution >= 0.6 is 11.6 Å². The fraction of sp³-hybridized carbons (Fsp3) is 0.308. The number of carboxylic acid groups (broad SMARTS) is 1. The van der Waals surface area contributed by atoms with Crippen molar-refractivity contribution in [2.75, 3.05) is 6.61 Å². The Balaban J connectivity index is 2.44. The van der Waals surface area contributed by atoms with Crippen molar-refractivity contribution < 1.29 is 24.2 Å². The first-order valence-corrected chi connectivity index (χ1v) is 6.45. The molecule has 1 rings (SSSR count). The molecule has 1 unspecified atom stereocenters. The Hall–Kier alpha value is -2.28. The Labute approximate surface area is 126 Å². The van der Waals surface area contributed by atoms with E-state index >= 15 is 0 Å². The lowest BCUT2D eigenvalue weighted by atomic mass is 10.1. The molecule has 114 valence electrons.